The Morgan fingerprint density at radius 3 is 2.50 bits per heavy atom. The first kappa shape index (κ1) is 15.5. The molecule has 112 valence electrons. The van der Waals surface area contributed by atoms with Crippen molar-refractivity contribution in [2.75, 3.05) is 25.0 Å². The maximum atomic E-state index is 6.23. The summed E-state index contributed by atoms with van der Waals surface area (Å²) in [6.45, 7) is 11.7. The average molecular weight is 297 g/mol. The van der Waals surface area contributed by atoms with E-state index in [-0.39, 0.29) is 0 Å². The summed E-state index contributed by atoms with van der Waals surface area (Å²) < 4.78 is 0. The summed E-state index contributed by atoms with van der Waals surface area (Å²) in [5, 5.41) is 4.08. The Morgan fingerprint density at radius 1 is 1.30 bits per heavy atom. The third-order valence-electron chi connectivity index (χ3n) is 3.86. The van der Waals surface area contributed by atoms with Crippen LogP contribution in [0.5, 0.6) is 0 Å². The van der Waals surface area contributed by atoms with E-state index in [1.54, 1.807) is 0 Å². The highest BCUT2D eigenvalue weighted by Gasteiger charge is 2.28. The zero-order valence-electron chi connectivity index (χ0n) is 12.9. The summed E-state index contributed by atoms with van der Waals surface area (Å²) in [5.41, 5.74) is 0.947. The van der Waals surface area contributed by atoms with Crippen LogP contribution in [0.2, 0.25) is 5.15 Å². The quantitative estimate of drug-likeness (QED) is 0.782. The Balaban J connectivity index is 2.07. The highest BCUT2D eigenvalue weighted by molar-refractivity contribution is 6.30. The van der Waals surface area contributed by atoms with Crippen molar-refractivity contribution < 1.29 is 0 Å². The van der Waals surface area contributed by atoms with E-state index >= 15 is 0 Å². The molecule has 1 aromatic heterocycles. The van der Waals surface area contributed by atoms with E-state index in [2.05, 4.69) is 41.0 Å². The van der Waals surface area contributed by atoms with E-state index in [0.29, 0.717) is 17.1 Å². The molecule has 1 saturated carbocycles. The molecule has 0 amide bonds. The van der Waals surface area contributed by atoms with Crippen molar-refractivity contribution in [3.8, 4) is 0 Å². The van der Waals surface area contributed by atoms with Gasteiger partial charge in [-0.05, 0) is 39.8 Å². The molecule has 1 atom stereocenters. The summed E-state index contributed by atoms with van der Waals surface area (Å²) in [5.74, 6) is 2.32. The molecule has 0 saturated heterocycles. The molecule has 1 N–H and O–H groups in total. The fourth-order valence-electron chi connectivity index (χ4n) is 2.32. The summed E-state index contributed by atoms with van der Waals surface area (Å²) >= 11 is 6.23. The van der Waals surface area contributed by atoms with Gasteiger partial charge in [0.15, 0.2) is 0 Å². The van der Waals surface area contributed by atoms with E-state index in [4.69, 9.17) is 11.6 Å². The van der Waals surface area contributed by atoms with Gasteiger partial charge in [-0.3, -0.25) is 0 Å². The zero-order chi connectivity index (χ0) is 14.7. The second kappa shape index (κ2) is 6.72. The molecule has 0 spiro atoms. The summed E-state index contributed by atoms with van der Waals surface area (Å²) in [4.78, 5) is 11.5. The van der Waals surface area contributed by atoms with E-state index in [1.165, 1.54) is 12.8 Å². The van der Waals surface area contributed by atoms with Crippen molar-refractivity contribution in [2.24, 2.45) is 0 Å². The molecule has 1 unspecified atom stereocenters. The molecule has 5 heteroatoms. The summed E-state index contributed by atoms with van der Waals surface area (Å²) in [7, 11) is 0. The molecule has 1 aliphatic rings. The van der Waals surface area contributed by atoms with Gasteiger partial charge in [0.2, 0.25) is 0 Å². The molecular formula is C15H25ClN4. The normalized spacial score (nSPS) is 16.5. The van der Waals surface area contributed by atoms with Crippen molar-refractivity contribution in [3.63, 3.8) is 0 Å². The van der Waals surface area contributed by atoms with Gasteiger partial charge in [0, 0.05) is 24.1 Å². The van der Waals surface area contributed by atoms with Crippen LogP contribution in [-0.2, 0) is 0 Å². The van der Waals surface area contributed by atoms with Crippen LogP contribution >= 0.6 is 11.6 Å². The van der Waals surface area contributed by atoms with Gasteiger partial charge in [0.25, 0.3) is 0 Å². The summed E-state index contributed by atoms with van der Waals surface area (Å²) in [6, 6.07) is 0.339. The molecule has 1 aromatic rings. The van der Waals surface area contributed by atoms with Crippen molar-refractivity contribution >= 4 is 17.4 Å². The van der Waals surface area contributed by atoms with Crippen LogP contribution in [0.25, 0.3) is 0 Å². The van der Waals surface area contributed by atoms with Crippen LogP contribution < -0.4 is 5.32 Å². The molecular weight excluding hydrogens is 272 g/mol. The SMILES string of the molecule is CCN(CC)CC(C)Nc1nc(C2CC2)nc(Cl)c1C. The smallest absolute Gasteiger partial charge is 0.137 e. The maximum absolute atomic E-state index is 6.23. The molecule has 2 rings (SSSR count). The first-order valence-electron chi connectivity index (χ1n) is 7.58. The van der Waals surface area contributed by atoms with E-state index < -0.39 is 0 Å². The van der Waals surface area contributed by atoms with Crippen LogP contribution in [0.3, 0.4) is 0 Å². The lowest BCUT2D eigenvalue weighted by Gasteiger charge is -2.24. The number of anilines is 1. The standard InChI is InChI=1S/C15H25ClN4/c1-5-20(6-2)9-10(3)17-14-11(4)13(16)18-15(19-14)12-7-8-12/h10,12H,5-9H2,1-4H3,(H,17,18,19). The van der Waals surface area contributed by atoms with Crippen LogP contribution in [-0.4, -0.2) is 40.5 Å². The van der Waals surface area contributed by atoms with Gasteiger partial charge in [-0.25, -0.2) is 9.97 Å². The minimum atomic E-state index is 0.339. The molecule has 0 radical (unpaired) electrons. The molecule has 1 fully saturated rings. The Bertz CT molecular complexity index is 455. The van der Waals surface area contributed by atoms with E-state index in [1.807, 2.05) is 6.92 Å². The van der Waals surface area contributed by atoms with Crippen LogP contribution in [0.4, 0.5) is 5.82 Å². The highest BCUT2D eigenvalue weighted by Crippen LogP contribution is 2.39. The minimum absolute atomic E-state index is 0.339. The maximum Gasteiger partial charge on any atom is 0.137 e. The molecule has 1 heterocycles. The number of halogens is 1. The highest BCUT2D eigenvalue weighted by atomic mass is 35.5. The molecule has 20 heavy (non-hydrogen) atoms. The Morgan fingerprint density at radius 2 is 1.95 bits per heavy atom. The Kier molecular flexibility index (Phi) is 5.22. The van der Waals surface area contributed by atoms with Gasteiger partial charge < -0.3 is 10.2 Å². The third kappa shape index (κ3) is 3.83. The number of hydrogen-bond donors (Lipinski definition) is 1. The molecule has 0 bridgehead atoms. The van der Waals surface area contributed by atoms with Crippen LogP contribution in [0.1, 0.15) is 50.9 Å². The Hall–Kier alpha value is -0.870. The van der Waals surface area contributed by atoms with Crippen molar-refractivity contribution in [1.29, 1.82) is 0 Å². The fourth-order valence-corrected chi connectivity index (χ4v) is 2.49. The largest absolute Gasteiger partial charge is 0.366 e. The lowest BCUT2D eigenvalue weighted by atomic mass is 10.2. The number of hydrogen-bond acceptors (Lipinski definition) is 4. The van der Waals surface area contributed by atoms with Gasteiger partial charge in [0.05, 0.1) is 0 Å². The second-order valence-electron chi connectivity index (χ2n) is 5.65. The Labute approximate surface area is 126 Å². The fraction of sp³-hybridized carbons (Fsp3) is 0.733. The lowest BCUT2D eigenvalue weighted by molar-refractivity contribution is 0.294. The topological polar surface area (TPSA) is 41.0 Å². The van der Waals surface area contributed by atoms with Gasteiger partial charge in [-0.15, -0.1) is 0 Å². The molecule has 4 nitrogen and oxygen atoms in total. The minimum Gasteiger partial charge on any atom is -0.366 e. The number of aromatic nitrogens is 2. The van der Waals surface area contributed by atoms with Gasteiger partial charge in [-0.2, -0.15) is 0 Å². The van der Waals surface area contributed by atoms with E-state index in [0.717, 1.165) is 36.8 Å². The number of nitrogens with one attached hydrogen (secondary N) is 1. The molecule has 0 aliphatic heterocycles. The van der Waals surface area contributed by atoms with E-state index in [9.17, 15) is 0 Å². The average Bonchev–Trinajstić information content (AvgIpc) is 3.25. The van der Waals surface area contributed by atoms with Gasteiger partial charge in [-0.1, -0.05) is 25.4 Å². The monoisotopic (exact) mass is 296 g/mol. The summed E-state index contributed by atoms with van der Waals surface area (Å²) in [6.07, 6.45) is 2.38. The van der Waals surface area contributed by atoms with Gasteiger partial charge in [0.1, 0.15) is 16.8 Å². The predicted molar refractivity (Wildman–Crippen MR) is 84.6 cm³/mol. The third-order valence-corrected chi connectivity index (χ3v) is 4.22. The van der Waals surface area contributed by atoms with Crippen LogP contribution in [0.15, 0.2) is 0 Å². The predicted octanol–water partition coefficient (Wildman–Crippen LogP) is 3.46. The van der Waals surface area contributed by atoms with Crippen molar-refractivity contribution in [2.45, 2.75) is 52.5 Å². The second-order valence-corrected chi connectivity index (χ2v) is 6.01. The molecule has 0 aromatic carbocycles. The first-order valence-corrected chi connectivity index (χ1v) is 7.95. The first-order chi connectivity index (χ1) is 9.55. The van der Waals surface area contributed by atoms with Crippen molar-refractivity contribution in [3.05, 3.63) is 16.5 Å². The zero-order valence-corrected chi connectivity index (χ0v) is 13.7. The number of rotatable bonds is 7. The van der Waals surface area contributed by atoms with Gasteiger partial charge >= 0.3 is 0 Å². The molecule has 1 aliphatic carbocycles. The number of nitrogens with zero attached hydrogens (tertiary/aromatic N) is 3. The van der Waals surface area contributed by atoms with Crippen molar-refractivity contribution in [1.82, 2.24) is 14.9 Å². The number of likely N-dealkylation sites (N-methyl/N-ethyl adjacent to an activating group) is 1. The van der Waals surface area contributed by atoms with Crippen LogP contribution in [0, 0.1) is 6.92 Å². The lowest BCUT2D eigenvalue weighted by Crippen LogP contribution is -2.35.